The van der Waals surface area contributed by atoms with Crippen LogP contribution in [-0.2, 0) is 6.42 Å². The summed E-state index contributed by atoms with van der Waals surface area (Å²) in [6.45, 7) is 3.57. The standard InChI is InChI=1S/C16H19N3O/c1-12-19-14-4-3-13(9-15(14)20-12)5-8-18-11-16(10-17)6-2-7-16/h3-4,9,18H,2,5-8,11H2,1H3. The van der Waals surface area contributed by atoms with Crippen LogP contribution in [0.1, 0.15) is 30.7 Å². The average molecular weight is 269 g/mol. The first kappa shape index (κ1) is 13.1. The lowest BCUT2D eigenvalue weighted by Crippen LogP contribution is -2.39. The lowest BCUT2D eigenvalue weighted by molar-refractivity contribution is 0.208. The minimum Gasteiger partial charge on any atom is -0.441 e. The lowest BCUT2D eigenvalue weighted by atomic mass is 9.70. The maximum Gasteiger partial charge on any atom is 0.192 e. The molecule has 0 amide bonds. The second-order valence-corrected chi connectivity index (χ2v) is 5.71. The topological polar surface area (TPSA) is 61.9 Å². The summed E-state index contributed by atoms with van der Waals surface area (Å²) in [5, 5.41) is 12.6. The van der Waals surface area contributed by atoms with Gasteiger partial charge in [0.15, 0.2) is 11.5 Å². The Kier molecular flexibility index (Phi) is 3.45. The summed E-state index contributed by atoms with van der Waals surface area (Å²) in [6.07, 6.45) is 4.22. The zero-order valence-electron chi connectivity index (χ0n) is 11.8. The number of aryl methyl sites for hydroxylation is 1. The van der Waals surface area contributed by atoms with Crippen LogP contribution in [0.3, 0.4) is 0 Å². The SMILES string of the molecule is Cc1nc2ccc(CCNCC3(C#N)CCC3)cc2o1. The van der Waals surface area contributed by atoms with Crippen LogP contribution >= 0.6 is 0 Å². The number of fused-ring (bicyclic) bond motifs is 1. The molecule has 0 radical (unpaired) electrons. The molecule has 1 aliphatic carbocycles. The van der Waals surface area contributed by atoms with E-state index in [4.69, 9.17) is 9.68 Å². The summed E-state index contributed by atoms with van der Waals surface area (Å²) in [5.41, 5.74) is 2.91. The molecule has 3 rings (SSSR count). The minimum atomic E-state index is -0.0913. The molecule has 0 unspecified atom stereocenters. The summed E-state index contributed by atoms with van der Waals surface area (Å²) < 4.78 is 5.54. The summed E-state index contributed by atoms with van der Waals surface area (Å²) in [6, 6.07) is 8.61. The van der Waals surface area contributed by atoms with Crippen molar-refractivity contribution in [1.82, 2.24) is 10.3 Å². The van der Waals surface area contributed by atoms with Crippen LogP contribution in [-0.4, -0.2) is 18.1 Å². The highest BCUT2D eigenvalue weighted by atomic mass is 16.3. The fourth-order valence-electron chi connectivity index (χ4n) is 2.73. The van der Waals surface area contributed by atoms with Gasteiger partial charge in [0, 0.05) is 13.5 Å². The van der Waals surface area contributed by atoms with Gasteiger partial charge in [-0.1, -0.05) is 12.5 Å². The van der Waals surface area contributed by atoms with Crippen LogP contribution in [0, 0.1) is 23.7 Å². The number of nitriles is 1. The van der Waals surface area contributed by atoms with Gasteiger partial charge in [-0.15, -0.1) is 0 Å². The molecule has 1 aromatic heterocycles. The second-order valence-electron chi connectivity index (χ2n) is 5.71. The molecule has 0 atom stereocenters. The van der Waals surface area contributed by atoms with Crippen LogP contribution in [0.4, 0.5) is 0 Å². The van der Waals surface area contributed by atoms with Gasteiger partial charge < -0.3 is 9.73 Å². The maximum atomic E-state index is 9.16. The van der Waals surface area contributed by atoms with Gasteiger partial charge in [0.25, 0.3) is 0 Å². The molecule has 0 bridgehead atoms. The van der Waals surface area contributed by atoms with Crippen molar-refractivity contribution in [3.63, 3.8) is 0 Å². The Morgan fingerprint density at radius 3 is 3.00 bits per heavy atom. The molecule has 1 N–H and O–H groups in total. The van der Waals surface area contributed by atoms with E-state index in [9.17, 15) is 0 Å². The zero-order chi connectivity index (χ0) is 14.0. The maximum absolute atomic E-state index is 9.16. The van der Waals surface area contributed by atoms with Crippen molar-refractivity contribution in [1.29, 1.82) is 5.26 Å². The highest BCUT2D eigenvalue weighted by Crippen LogP contribution is 2.39. The van der Waals surface area contributed by atoms with E-state index in [0.29, 0.717) is 5.89 Å². The van der Waals surface area contributed by atoms with Crippen LogP contribution in [0.2, 0.25) is 0 Å². The first-order valence-corrected chi connectivity index (χ1v) is 7.19. The Bertz CT molecular complexity index is 649. The molecule has 2 aromatic rings. The van der Waals surface area contributed by atoms with Crippen molar-refractivity contribution < 1.29 is 4.42 Å². The Morgan fingerprint density at radius 1 is 1.45 bits per heavy atom. The molecule has 0 aliphatic heterocycles. The molecule has 0 spiro atoms. The molecule has 1 aromatic carbocycles. The van der Waals surface area contributed by atoms with Gasteiger partial charge in [-0.2, -0.15) is 5.26 Å². The fourth-order valence-corrected chi connectivity index (χ4v) is 2.73. The van der Waals surface area contributed by atoms with Crippen LogP contribution in [0.25, 0.3) is 11.1 Å². The monoisotopic (exact) mass is 269 g/mol. The largest absolute Gasteiger partial charge is 0.441 e. The molecule has 20 heavy (non-hydrogen) atoms. The van der Waals surface area contributed by atoms with Crippen molar-refractivity contribution in [2.45, 2.75) is 32.6 Å². The second kappa shape index (κ2) is 5.26. The molecule has 1 aliphatic rings. The third-order valence-corrected chi connectivity index (χ3v) is 4.16. The normalized spacial score (nSPS) is 16.8. The smallest absolute Gasteiger partial charge is 0.192 e. The first-order valence-electron chi connectivity index (χ1n) is 7.19. The fraction of sp³-hybridized carbons (Fsp3) is 0.500. The molecule has 1 heterocycles. The number of hydrogen-bond donors (Lipinski definition) is 1. The number of rotatable bonds is 5. The average Bonchev–Trinajstić information content (AvgIpc) is 2.76. The zero-order valence-corrected chi connectivity index (χ0v) is 11.8. The van der Waals surface area contributed by atoms with Gasteiger partial charge in [0.1, 0.15) is 5.52 Å². The number of benzene rings is 1. The molecule has 4 heteroatoms. The Labute approximate surface area is 118 Å². The molecule has 4 nitrogen and oxygen atoms in total. The molecule has 0 saturated heterocycles. The predicted octanol–water partition coefficient (Wildman–Crippen LogP) is 2.96. The molecule has 104 valence electrons. The van der Waals surface area contributed by atoms with Crippen molar-refractivity contribution >= 4 is 11.1 Å². The van der Waals surface area contributed by atoms with Crippen molar-refractivity contribution in [2.75, 3.05) is 13.1 Å². The number of hydrogen-bond acceptors (Lipinski definition) is 4. The summed E-state index contributed by atoms with van der Waals surface area (Å²) in [7, 11) is 0. The highest BCUT2D eigenvalue weighted by Gasteiger charge is 2.36. The van der Waals surface area contributed by atoms with Crippen molar-refractivity contribution in [3.05, 3.63) is 29.7 Å². The van der Waals surface area contributed by atoms with E-state index in [0.717, 1.165) is 43.5 Å². The predicted molar refractivity (Wildman–Crippen MR) is 77.2 cm³/mol. The van der Waals surface area contributed by atoms with Gasteiger partial charge in [0.05, 0.1) is 11.5 Å². The Hall–Kier alpha value is -1.86. The van der Waals surface area contributed by atoms with E-state index in [1.807, 2.05) is 13.0 Å². The summed E-state index contributed by atoms with van der Waals surface area (Å²) >= 11 is 0. The van der Waals surface area contributed by atoms with Crippen LogP contribution in [0.5, 0.6) is 0 Å². The first-order chi connectivity index (χ1) is 9.71. The number of nitrogens with one attached hydrogen (secondary N) is 1. The van der Waals surface area contributed by atoms with Gasteiger partial charge in [-0.25, -0.2) is 4.98 Å². The third-order valence-electron chi connectivity index (χ3n) is 4.16. The summed E-state index contributed by atoms with van der Waals surface area (Å²) in [4.78, 5) is 4.29. The Balaban J connectivity index is 1.53. The van der Waals surface area contributed by atoms with E-state index in [1.165, 1.54) is 12.0 Å². The van der Waals surface area contributed by atoms with E-state index < -0.39 is 0 Å². The number of oxazole rings is 1. The van der Waals surface area contributed by atoms with Crippen molar-refractivity contribution in [3.8, 4) is 6.07 Å². The molecule has 1 fully saturated rings. The van der Waals surface area contributed by atoms with Gasteiger partial charge in [0.2, 0.25) is 0 Å². The Morgan fingerprint density at radius 2 is 2.30 bits per heavy atom. The van der Waals surface area contributed by atoms with E-state index in [1.54, 1.807) is 0 Å². The van der Waals surface area contributed by atoms with E-state index >= 15 is 0 Å². The van der Waals surface area contributed by atoms with E-state index in [2.05, 4.69) is 28.5 Å². The number of aromatic nitrogens is 1. The lowest BCUT2D eigenvalue weighted by Gasteiger charge is -2.35. The third kappa shape index (κ3) is 2.54. The van der Waals surface area contributed by atoms with Gasteiger partial charge in [-0.3, -0.25) is 0 Å². The quantitative estimate of drug-likeness (QED) is 0.848. The molecule has 1 saturated carbocycles. The number of nitrogens with zero attached hydrogens (tertiary/aromatic N) is 2. The summed E-state index contributed by atoms with van der Waals surface area (Å²) in [5.74, 6) is 0.705. The van der Waals surface area contributed by atoms with E-state index in [-0.39, 0.29) is 5.41 Å². The van der Waals surface area contributed by atoms with Gasteiger partial charge >= 0.3 is 0 Å². The van der Waals surface area contributed by atoms with Crippen molar-refractivity contribution in [2.24, 2.45) is 5.41 Å². The highest BCUT2D eigenvalue weighted by molar-refractivity contribution is 5.73. The van der Waals surface area contributed by atoms with Crippen LogP contribution in [0.15, 0.2) is 22.6 Å². The molecular weight excluding hydrogens is 250 g/mol. The minimum absolute atomic E-state index is 0.0913. The van der Waals surface area contributed by atoms with Crippen LogP contribution < -0.4 is 5.32 Å². The van der Waals surface area contributed by atoms with Gasteiger partial charge in [-0.05, 0) is 43.5 Å². The molecular formula is C16H19N3O.